The Morgan fingerprint density at radius 2 is 2.11 bits per heavy atom. The molecule has 0 radical (unpaired) electrons. The van der Waals surface area contributed by atoms with Crippen LogP contribution in [0, 0.1) is 0 Å². The summed E-state index contributed by atoms with van der Waals surface area (Å²) in [5.74, 6) is 0. The van der Waals surface area contributed by atoms with Gasteiger partial charge in [0.25, 0.3) is 0 Å². The maximum absolute atomic E-state index is 2.23. The SMILES string of the molecule is Cl.Cl.[Hf][CH2]C1=CC=CC1. The summed E-state index contributed by atoms with van der Waals surface area (Å²) >= 11 is 1.32. The first kappa shape index (κ1) is 12.6. The Morgan fingerprint density at radius 1 is 1.44 bits per heavy atom. The van der Waals surface area contributed by atoms with Crippen LogP contribution in [-0.2, 0) is 24.4 Å². The van der Waals surface area contributed by atoms with Crippen LogP contribution in [0.15, 0.2) is 23.8 Å². The number of hydrogen-bond donors (Lipinski definition) is 0. The van der Waals surface area contributed by atoms with E-state index in [0.717, 1.165) is 0 Å². The van der Waals surface area contributed by atoms with Crippen molar-refractivity contribution in [3.63, 3.8) is 0 Å². The fourth-order valence-corrected chi connectivity index (χ4v) is 1.56. The van der Waals surface area contributed by atoms with Crippen LogP contribution in [0.2, 0.25) is 4.18 Å². The van der Waals surface area contributed by atoms with Gasteiger partial charge in [-0.2, -0.15) is 0 Å². The molecule has 0 bridgehead atoms. The fourth-order valence-electron chi connectivity index (χ4n) is 0.623. The monoisotopic (exact) mass is 331 g/mol. The third kappa shape index (κ3) is 4.35. The van der Waals surface area contributed by atoms with E-state index in [-0.39, 0.29) is 24.8 Å². The number of halogens is 2. The third-order valence-electron chi connectivity index (χ3n) is 1.08. The molecule has 0 aromatic heterocycles. The van der Waals surface area contributed by atoms with Crippen molar-refractivity contribution in [2.24, 2.45) is 0 Å². The Kier molecular flexibility index (Phi) is 9.85. The van der Waals surface area contributed by atoms with Gasteiger partial charge in [0.05, 0.1) is 0 Å². The predicted molar refractivity (Wildman–Crippen MR) is 41.1 cm³/mol. The van der Waals surface area contributed by atoms with Gasteiger partial charge < -0.3 is 0 Å². The van der Waals surface area contributed by atoms with Crippen LogP contribution in [-0.4, -0.2) is 0 Å². The molecular formula is C6H9Cl2Hf. The van der Waals surface area contributed by atoms with Gasteiger partial charge in [-0.25, -0.2) is 0 Å². The summed E-state index contributed by atoms with van der Waals surface area (Å²) in [5, 5.41) is 0. The molecule has 1 aliphatic carbocycles. The molecule has 0 saturated carbocycles. The summed E-state index contributed by atoms with van der Waals surface area (Å²) in [4.78, 5) is 0. The van der Waals surface area contributed by atoms with Gasteiger partial charge in [0.2, 0.25) is 0 Å². The van der Waals surface area contributed by atoms with Gasteiger partial charge in [-0.1, -0.05) is 0 Å². The number of rotatable bonds is 1. The van der Waals surface area contributed by atoms with Crippen LogP contribution >= 0.6 is 24.8 Å². The molecule has 0 nitrogen and oxygen atoms in total. The van der Waals surface area contributed by atoms with E-state index in [0.29, 0.717) is 0 Å². The Morgan fingerprint density at radius 3 is 2.33 bits per heavy atom. The van der Waals surface area contributed by atoms with Gasteiger partial charge in [0.15, 0.2) is 0 Å². The van der Waals surface area contributed by atoms with E-state index in [2.05, 4.69) is 18.2 Å². The summed E-state index contributed by atoms with van der Waals surface area (Å²) in [6.45, 7) is 0. The summed E-state index contributed by atoms with van der Waals surface area (Å²) in [6, 6.07) is 0. The van der Waals surface area contributed by atoms with E-state index in [4.69, 9.17) is 0 Å². The van der Waals surface area contributed by atoms with Gasteiger partial charge >= 0.3 is 58.8 Å². The molecule has 0 N–H and O–H groups in total. The fraction of sp³-hybridized carbons (Fsp3) is 0.333. The zero-order valence-corrected chi connectivity index (χ0v) is 10.2. The van der Waals surface area contributed by atoms with E-state index in [9.17, 15) is 0 Å². The number of allylic oxidation sites excluding steroid dienone is 4. The van der Waals surface area contributed by atoms with Crippen molar-refractivity contribution in [2.75, 3.05) is 0 Å². The van der Waals surface area contributed by atoms with Crippen molar-refractivity contribution in [3.05, 3.63) is 23.8 Å². The third-order valence-corrected chi connectivity index (χ3v) is 2.71. The van der Waals surface area contributed by atoms with E-state index in [1.165, 1.54) is 35.0 Å². The standard InChI is InChI=1S/C6H7.2ClH.Hf/c1-6-4-2-3-5-6;;;/h2-4H,1,5H2;2*1H;. The van der Waals surface area contributed by atoms with Crippen molar-refractivity contribution in [2.45, 2.75) is 10.6 Å². The van der Waals surface area contributed by atoms with Gasteiger partial charge in [-0.3, -0.25) is 0 Å². The average molecular weight is 331 g/mol. The quantitative estimate of drug-likeness (QED) is 0.649. The van der Waals surface area contributed by atoms with E-state index in [1.807, 2.05) is 0 Å². The van der Waals surface area contributed by atoms with Gasteiger partial charge in [-0.15, -0.1) is 24.8 Å². The van der Waals surface area contributed by atoms with Crippen LogP contribution in [0.3, 0.4) is 0 Å². The first-order valence-electron chi connectivity index (χ1n) is 2.42. The second-order valence-corrected chi connectivity index (χ2v) is 2.90. The summed E-state index contributed by atoms with van der Waals surface area (Å²) in [7, 11) is 0. The van der Waals surface area contributed by atoms with Crippen LogP contribution in [0.4, 0.5) is 0 Å². The predicted octanol–water partition coefficient (Wildman–Crippen LogP) is 2.68. The zero-order valence-electron chi connectivity index (χ0n) is 4.96. The normalized spacial score (nSPS) is 13.4. The summed E-state index contributed by atoms with van der Waals surface area (Å²) in [5.41, 5.74) is 1.62. The summed E-state index contributed by atoms with van der Waals surface area (Å²) < 4.78 is 1.35. The molecule has 0 amide bonds. The Labute approximate surface area is 83.2 Å². The van der Waals surface area contributed by atoms with E-state index >= 15 is 0 Å². The first-order valence-corrected chi connectivity index (χ1v) is 4.96. The van der Waals surface area contributed by atoms with Gasteiger partial charge in [0, 0.05) is 0 Å². The van der Waals surface area contributed by atoms with Crippen molar-refractivity contribution in [1.29, 1.82) is 0 Å². The molecule has 0 atom stereocenters. The van der Waals surface area contributed by atoms with Crippen LogP contribution < -0.4 is 0 Å². The molecule has 0 aliphatic heterocycles. The Balaban J connectivity index is 0. The molecule has 0 aromatic carbocycles. The minimum absolute atomic E-state index is 0. The van der Waals surface area contributed by atoms with Gasteiger partial charge in [-0.05, 0) is 0 Å². The van der Waals surface area contributed by atoms with Crippen molar-refractivity contribution < 1.29 is 24.4 Å². The molecule has 3 heteroatoms. The van der Waals surface area contributed by atoms with Crippen LogP contribution in [0.1, 0.15) is 6.42 Å². The van der Waals surface area contributed by atoms with E-state index < -0.39 is 0 Å². The van der Waals surface area contributed by atoms with Crippen molar-refractivity contribution >= 4 is 24.8 Å². The Bertz CT molecular complexity index is 118. The molecular weight excluding hydrogens is 321 g/mol. The molecule has 0 aromatic rings. The molecule has 0 unspecified atom stereocenters. The molecule has 0 fully saturated rings. The molecule has 1 rings (SSSR count). The average Bonchev–Trinajstić information content (AvgIpc) is 2.14. The van der Waals surface area contributed by atoms with Gasteiger partial charge in [0.1, 0.15) is 0 Å². The zero-order chi connectivity index (χ0) is 5.11. The molecule has 0 heterocycles. The molecule has 51 valence electrons. The minimum atomic E-state index is 0. The van der Waals surface area contributed by atoms with Crippen molar-refractivity contribution in [3.8, 4) is 0 Å². The second kappa shape index (κ2) is 7.04. The second-order valence-electron chi connectivity index (χ2n) is 1.63. The molecule has 1 aliphatic rings. The van der Waals surface area contributed by atoms with Crippen LogP contribution in [0.25, 0.3) is 0 Å². The summed E-state index contributed by atoms with van der Waals surface area (Å²) in [6.07, 6.45) is 7.82. The van der Waals surface area contributed by atoms with Crippen LogP contribution in [0.5, 0.6) is 0 Å². The molecule has 0 saturated heterocycles. The van der Waals surface area contributed by atoms with E-state index in [1.54, 1.807) is 5.57 Å². The molecule has 0 spiro atoms. The molecule has 9 heavy (non-hydrogen) atoms. The Hall–Kier alpha value is 0.930. The maximum atomic E-state index is 2.23. The topological polar surface area (TPSA) is 0 Å². The number of hydrogen-bond acceptors (Lipinski definition) is 0. The first-order chi connectivity index (χ1) is 3.43. The van der Waals surface area contributed by atoms with Crippen molar-refractivity contribution in [1.82, 2.24) is 0 Å².